The Hall–Kier alpha value is -3.47. The van der Waals surface area contributed by atoms with Crippen LogP contribution in [0.3, 0.4) is 0 Å². The number of hydrogen-bond donors (Lipinski definition) is 0. The van der Waals surface area contributed by atoms with E-state index in [-0.39, 0.29) is 29.6 Å². The average Bonchev–Trinajstić information content (AvgIpc) is 2.74. The lowest BCUT2D eigenvalue weighted by Gasteiger charge is -2.10. The summed E-state index contributed by atoms with van der Waals surface area (Å²) < 4.78 is 25.3. The molecule has 0 spiro atoms. The first-order chi connectivity index (χ1) is 14.7. The Morgan fingerprint density at radius 1 is 0.645 bits per heavy atom. The Morgan fingerprint density at radius 2 is 1.06 bits per heavy atom. The molecule has 0 saturated carbocycles. The molecule has 0 unspecified atom stereocenters. The van der Waals surface area contributed by atoms with Crippen molar-refractivity contribution in [2.75, 3.05) is 0 Å². The zero-order chi connectivity index (χ0) is 22.5. The summed E-state index contributed by atoms with van der Waals surface area (Å²) in [7, 11) is 0. The fourth-order valence-electron chi connectivity index (χ4n) is 2.81. The Labute approximate surface area is 181 Å². The second-order valence-electron chi connectivity index (χ2n) is 7.89. The standard InChI is InChI=1S/C26H25FO4/c1-16(2)25(28)30-21-10-5-18(6-11-21)20-9-14-23(24(27)15-20)19-7-12-22(13-8-19)31-26(29)17(3)4/h5-17H,1-4H3. The van der Waals surface area contributed by atoms with Crippen LogP contribution in [0, 0.1) is 17.7 Å². The first-order valence-electron chi connectivity index (χ1n) is 10.2. The van der Waals surface area contributed by atoms with Gasteiger partial charge in [0.15, 0.2) is 0 Å². The Morgan fingerprint density at radius 3 is 1.48 bits per heavy atom. The van der Waals surface area contributed by atoms with E-state index in [1.165, 1.54) is 6.07 Å². The number of esters is 2. The van der Waals surface area contributed by atoms with Gasteiger partial charge in [-0.05, 0) is 47.0 Å². The van der Waals surface area contributed by atoms with Crippen molar-refractivity contribution in [2.24, 2.45) is 11.8 Å². The van der Waals surface area contributed by atoms with Gasteiger partial charge in [0.2, 0.25) is 0 Å². The number of rotatable bonds is 6. The van der Waals surface area contributed by atoms with Crippen molar-refractivity contribution >= 4 is 11.9 Å². The molecule has 0 aromatic heterocycles. The molecule has 0 aliphatic rings. The number of halogens is 1. The van der Waals surface area contributed by atoms with E-state index in [0.29, 0.717) is 28.2 Å². The van der Waals surface area contributed by atoms with E-state index in [1.807, 2.05) is 6.07 Å². The molecule has 160 valence electrons. The minimum Gasteiger partial charge on any atom is -0.426 e. The zero-order valence-corrected chi connectivity index (χ0v) is 18.0. The van der Waals surface area contributed by atoms with E-state index < -0.39 is 0 Å². The molecule has 5 heteroatoms. The summed E-state index contributed by atoms with van der Waals surface area (Å²) >= 11 is 0. The molecular weight excluding hydrogens is 395 g/mol. The first kappa shape index (κ1) is 22.2. The third kappa shape index (κ3) is 5.57. The summed E-state index contributed by atoms with van der Waals surface area (Å²) in [6.07, 6.45) is 0. The summed E-state index contributed by atoms with van der Waals surface area (Å²) in [5.41, 5.74) is 2.66. The second kappa shape index (κ2) is 9.56. The predicted octanol–water partition coefficient (Wildman–Crippen LogP) is 6.28. The van der Waals surface area contributed by atoms with E-state index in [9.17, 15) is 14.0 Å². The molecule has 0 fully saturated rings. The molecule has 3 aromatic rings. The summed E-state index contributed by atoms with van der Waals surface area (Å²) in [6.45, 7) is 7.07. The van der Waals surface area contributed by atoms with Crippen LogP contribution >= 0.6 is 0 Å². The number of carbonyl (C=O) groups is 2. The number of ether oxygens (including phenoxy) is 2. The molecular formula is C26H25FO4. The molecule has 0 radical (unpaired) electrons. The van der Waals surface area contributed by atoms with Crippen LogP contribution in [0.25, 0.3) is 22.3 Å². The summed E-state index contributed by atoms with van der Waals surface area (Å²) in [4.78, 5) is 23.4. The molecule has 31 heavy (non-hydrogen) atoms. The van der Waals surface area contributed by atoms with Crippen LogP contribution in [-0.2, 0) is 9.59 Å². The lowest BCUT2D eigenvalue weighted by Crippen LogP contribution is -2.14. The lowest BCUT2D eigenvalue weighted by molar-refractivity contribution is -0.138. The van der Waals surface area contributed by atoms with Gasteiger partial charge in [-0.1, -0.05) is 64.1 Å². The van der Waals surface area contributed by atoms with E-state index in [2.05, 4.69) is 0 Å². The maximum Gasteiger partial charge on any atom is 0.313 e. The van der Waals surface area contributed by atoms with Crippen molar-refractivity contribution < 1.29 is 23.5 Å². The van der Waals surface area contributed by atoms with E-state index in [1.54, 1.807) is 82.3 Å². The minimum absolute atomic E-state index is 0.211. The SMILES string of the molecule is CC(C)C(=O)Oc1ccc(-c2ccc(-c3ccc(OC(=O)C(C)C)cc3)c(F)c2)cc1. The predicted molar refractivity (Wildman–Crippen MR) is 118 cm³/mol. The quantitative estimate of drug-likeness (QED) is 0.348. The third-order valence-corrected chi connectivity index (χ3v) is 4.70. The molecule has 0 heterocycles. The van der Waals surface area contributed by atoms with Crippen molar-refractivity contribution in [1.82, 2.24) is 0 Å². The first-order valence-corrected chi connectivity index (χ1v) is 10.2. The molecule has 4 nitrogen and oxygen atoms in total. The molecule has 0 atom stereocenters. The van der Waals surface area contributed by atoms with Gasteiger partial charge in [-0.2, -0.15) is 0 Å². The van der Waals surface area contributed by atoms with E-state index >= 15 is 0 Å². The normalized spacial score (nSPS) is 10.9. The molecule has 0 aliphatic carbocycles. The van der Waals surface area contributed by atoms with Crippen LogP contribution in [-0.4, -0.2) is 11.9 Å². The highest BCUT2D eigenvalue weighted by Crippen LogP contribution is 2.30. The van der Waals surface area contributed by atoms with Crippen molar-refractivity contribution in [1.29, 1.82) is 0 Å². The molecule has 3 aromatic carbocycles. The molecule has 0 aliphatic heterocycles. The lowest BCUT2D eigenvalue weighted by atomic mass is 9.99. The minimum atomic E-state index is -0.361. The van der Waals surface area contributed by atoms with Gasteiger partial charge in [0, 0.05) is 5.56 Å². The third-order valence-electron chi connectivity index (χ3n) is 4.70. The molecule has 0 amide bonds. The van der Waals surface area contributed by atoms with E-state index in [0.717, 1.165) is 5.56 Å². The zero-order valence-electron chi connectivity index (χ0n) is 18.0. The van der Waals surface area contributed by atoms with Gasteiger partial charge in [0.05, 0.1) is 11.8 Å². The monoisotopic (exact) mass is 420 g/mol. The fourth-order valence-corrected chi connectivity index (χ4v) is 2.81. The Kier molecular flexibility index (Phi) is 6.85. The van der Waals surface area contributed by atoms with Gasteiger partial charge in [0.25, 0.3) is 0 Å². The van der Waals surface area contributed by atoms with Crippen LogP contribution in [0.2, 0.25) is 0 Å². The van der Waals surface area contributed by atoms with Crippen LogP contribution < -0.4 is 9.47 Å². The van der Waals surface area contributed by atoms with Gasteiger partial charge < -0.3 is 9.47 Å². The van der Waals surface area contributed by atoms with Crippen LogP contribution in [0.5, 0.6) is 11.5 Å². The maximum absolute atomic E-state index is 14.8. The van der Waals surface area contributed by atoms with Gasteiger partial charge in [-0.25, -0.2) is 4.39 Å². The van der Waals surface area contributed by atoms with Gasteiger partial charge in [-0.3, -0.25) is 9.59 Å². The van der Waals surface area contributed by atoms with Gasteiger partial charge in [0.1, 0.15) is 17.3 Å². The van der Waals surface area contributed by atoms with E-state index in [4.69, 9.17) is 9.47 Å². The largest absolute Gasteiger partial charge is 0.426 e. The Bertz CT molecular complexity index is 1070. The smallest absolute Gasteiger partial charge is 0.313 e. The van der Waals surface area contributed by atoms with Crippen molar-refractivity contribution in [3.8, 4) is 33.8 Å². The molecule has 3 rings (SSSR count). The maximum atomic E-state index is 14.8. The number of benzene rings is 3. The van der Waals surface area contributed by atoms with Crippen molar-refractivity contribution in [3.63, 3.8) is 0 Å². The van der Waals surface area contributed by atoms with Crippen molar-refractivity contribution in [3.05, 3.63) is 72.5 Å². The van der Waals surface area contributed by atoms with Crippen LogP contribution in [0.15, 0.2) is 66.7 Å². The summed E-state index contributed by atoms with van der Waals surface area (Å²) in [6, 6.07) is 18.7. The fraction of sp³-hybridized carbons (Fsp3) is 0.231. The highest BCUT2D eigenvalue weighted by atomic mass is 19.1. The molecule has 0 N–H and O–H groups in total. The second-order valence-corrected chi connectivity index (χ2v) is 7.89. The summed E-state index contributed by atoms with van der Waals surface area (Å²) in [5, 5.41) is 0. The molecule has 0 bridgehead atoms. The highest BCUT2D eigenvalue weighted by Gasteiger charge is 2.12. The van der Waals surface area contributed by atoms with Crippen LogP contribution in [0.1, 0.15) is 27.7 Å². The Balaban J connectivity index is 1.75. The number of carbonyl (C=O) groups excluding carboxylic acids is 2. The topological polar surface area (TPSA) is 52.6 Å². The molecule has 0 saturated heterocycles. The van der Waals surface area contributed by atoms with Crippen molar-refractivity contribution in [2.45, 2.75) is 27.7 Å². The highest BCUT2D eigenvalue weighted by molar-refractivity contribution is 5.76. The van der Waals surface area contributed by atoms with Gasteiger partial charge >= 0.3 is 11.9 Å². The van der Waals surface area contributed by atoms with Crippen LogP contribution in [0.4, 0.5) is 4.39 Å². The summed E-state index contributed by atoms with van der Waals surface area (Å²) in [5.74, 6) is -0.518. The van der Waals surface area contributed by atoms with Gasteiger partial charge in [-0.15, -0.1) is 0 Å². The number of hydrogen-bond acceptors (Lipinski definition) is 4. The average molecular weight is 420 g/mol.